The fraction of sp³-hybridized carbons (Fsp3) is 0.394. The van der Waals surface area contributed by atoms with Crippen molar-refractivity contribution in [1.82, 2.24) is 0 Å². The fourth-order valence-electron chi connectivity index (χ4n) is 5.89. The number of hydrogen-bond donors (Lipinski definition) is 0. The predicted molar refractivity (Wildman–Crippen MR) is 157 cm³/mol. The first-order valence-electron chi connectivity index (χ1n) is 13.7. The second-order valence-electron chi connectivity index (χ2n) is 11.7. The molecule has 0 saturated carbocycles. The van der Waals surface area contributed by atoms with Crippen LogP contribution < -0.4 is 10.4 Å². The van der Waals surface area contributed by atoms with Crippen LogP contribution >= 0.6 is 0 Å². The molecular weight excluding hydrogens is 504 g/mol. The first-order chi connectivity index (χ1) is 18.7. The molecule has 2 fully saturated rings. The number of rotatable bonds is 11. The molecule has 6 heteroatoms. The van der Waals surface area contributed by atoms with Crippen LogP contribution in [0.1, 0.15) is 33.3 Å². The van der Waals surface area contributed by atoms with E-state index in [0.717, 1.165) is 5.56 Å². The third kappa shape index (κ3) is 6.12. The van der Waals surface area contributed by atoms with Crippen LogP contribution in [0.3, 0.4) is 0 Å². The Morgan fingerprint density at radius 1 is 0.846 bits per heavy atom. The summed E-state index contributed by atoms with van der Waals surface area (Å²) in [5, 5.41) is 2.72. The summed E-state index contributed by atoms with van der Waals surface area (Å²) in [6.45, 7) is 13.9. The van der Waals surface area contributed by atoms with E-state index in [9.17, 15) is 0 Å². The van der Waals surface area contributed by atoms with E-state index in [1.54, 1.807) is 6.08 Å². The monoisotopic (exact) mass is 544 g/mol. The van der Waals surface area contributed by atoms with Gasteiger partial charge in [-0.2, -0.15) is 0 Å². The third-order valence-corrected chi connectivity index (χ3v) is 11.5. The molecule has 2 aliphatic rings. The van der Waals surface area contributed by atoms with E-state index in [1.807, 2.05) is 32.0 Å². The zero-order valence-corrected chi connectivity index (χ0v) is 24.6. The Labute approximate surface area is 234 Å². The van der Waals surface area contributed by atoms with Gasteiger partial charge in [0.05, 0.1) is 13.2 Å². The van der Waals surface area contributed by atoms with Gasteiger partial charge in [-0.25, -0.2) is 0 Å². The molecule has 0 spiro atoms. The van der Waals surface area contributed by atoms with Gasteiger partial charge in [-0.15, -0.1) is 6.58 Å². The first-order valence-corrected chi connectivity index (χ1v) is 15.5. The molecule has 206 valence electrons. The molecule has 2 saturated heterocycles. The van der Waals surface area contributed by atoms with Gasteiger partial charge in [0, 0.05) is 6.61 Å². The summed E-state index contributed by atoms with van der Waals surface area (Å²) in [6.07, 6.45) is 0.443. The van der Waals surface area contributed by atoms with Gasteiger partial charge in [0.1, 0.15) is 26.6 Å². The zero-order chi connectivity index (χ0) is 27.5. The minimum Gasteiger partial charge on any atom is -0.378 e. The maximum atomic E-state index is 6.55. The van der Waals surface area contributed by atoms with Gasteiger partial charge in [-0.1, -0.05) is 121 Å². The Bertz CT molecular complexity index is 1180. The topological polar surface area (TPSA) is 46.2 Å². The number of fused-ring (bicyclic) bond motifs is 1. The highest BCUT2D eigenvalue weighted by molar-refractivity contribution is 6.87. The molecule has 2 aliphatic heterocycles. The molecule has 5 nitrogen and oxygen atoms in total. The van der Waals surface area contributed by atoms with Gasteiger partial charge in [-0.05, 0) is 24.4 Å². The normalized spacial score (nSPS) is 26.0. The number of hydrogen-bond acceptors (Lipinski definition) is 5. The van der Waals surface area contributed by atoms with Crippen molar-refractivity contribution in [3.8, 4) is 0 Å². The molecule has 39 heavy (non-hydrogen) atoms. The van der Waals surface area contributed by atoms with Crippen molar-refractivity contribution in [2.75, 3.05) is 13.2 Å². The summed E-state index contributed by atoms with van der Waals surface area (Å²) < 4.78 is 31.9. The Morgan fingerprint density at radius 3 is 1.97 bits per heavy atom. The van der Waals surface area contributed by atoms with Crippen LogP contribution in [0, 0.1) is 0 Å². The van der Waals surface area contributed by atoms with E-state index in [2.05, 4.69) is 93.2 Å². The highest BCUT2D eigenvalue weighted by Gasteiger charge is 2.61. The lowest BCUT2D eigenvalue weighted by atomic mass is 9.95. The molecule has 0 amide bonds. The molecule has 4 unspecified atom stereocenters. The average molecular weight is 545 g/mol. The van der Waals surface area contributed by atoms with Crippen LogP contribution in [-0.4, -0.2) is 51.9 Å². The number of benzene rings is 3. The van der Waals surface area contributed by atoms with Crippen LogP contribution in [0.25, 0.3) is 0 Å². The van der Waals surface area contributed by atoms with Gasteiger partial charge in [0.25, 0.3) is 0 Å². The average Bonchev–Trinajstić information content (AvgIpc) is 3.37. The Balaban J connectivity index is 1.34. The molecule has 5 rings (SSSR count). The summed E-state index contributed by atoms with van der Waals surface area (Å²) in [4.78, 5) is 0. The van der Waals surface area contributed by atoms with Crippen molar-refractivity contribution >= 4 is 19.2 Å². The lowest BCUT2D eigenvalue weighted by Crippen LogP contribution is -2.52. The summed E-state index contributed by atoms with van der Waals surface area (Å²) in [5.41, 5.74) is 0.187. The third-order valence-electron chi connectivity index (χ3n) is 7.67. The van der Waals surface area contributed by atoms with Crippen LogP contribution in [0.15, 0.2) is 104 Å². The quantitative estimate of drug-likeness (QED) is 0.255. The maximum absolute atomic E-state index is 6.55. The minimum absolute atomic E-state index is 0.0745. The molecule has 0 bridgehead atoms. The van der Waals surface area contributed by atoms with Crippen LogP contribution in [0.5, 0.6) is 0 Å². The largest absolute Gasteiger partial charge is 0.378 e. The summed E-state index contributed by atoms with van der Waals surface area (Å²) in [7, 11) is -1.64. The first kappa shape index (κ1) is 28.0. The van der Waals surface area contributed by atoms with Crippen LogP contribution in [0.4, 0.5) is 0 Å². The Hall–Kier alpha value is -2.58. The lowest BCUT2D eigenvalue weighted by Gasteiger charge is -2.37. The van der Waals surface area contributed by atoms with Gasteiger partial charge >= 0.3 is 0 Å². The molecular formula is C33H40O5Si. The summed E-state index contributed by atoms with van der Waals surface area (Å²) in [5.74, 6) is -0.746. The van der Waals surface area contributed by atoms with E-state index in [1.165, 1.54) is 10.4 Å². The van der Waals surface area contributed by atoms with Gasteiger partial charge in [0.15, 0.2) is 12.1 Å². The second kappa shape index (κ2) is 11.5. The SMILES string of the molecule is C=CC1(COCC(C)(C)[SiH](c2ccccc2)c2ccccc2)OC2OC(C)(C)OC2C1OCc1ccccc1. The Kier molecular flexibility index (Phi) is 8.24. The van der Waals surface area contributed by atoms with E-state index in [-0.39, 0.29) is 11.1 Å². The van der Waals surface area contributed by atoms with Crippen molar-refractivity contribution < 1.29 is 23.7 Å². The predicted octanol–water partition coefficient (Wildman–Crippen LogP) is 4.84. The molecule has 0 aromatic heterocycles. The van der Waals surface area contributed by atoms with E-state index in [0.29, 0.717) is 19.8 Å². The molecule has 4 atom stereocenters. The molecule has 2 heterocycles. The highest BCUT2D eigenvalue weighted by Crippen LogP contribution is 2.45. The zero-order valence-electron chi connectivity index (χ0n) is 23.4. The van der Waals surface area contributed by atoms with Crippen molar-refractivity contribution in [1.29, 1.82) is 0 Å². The summed E-state index contributed by atoms with van der Waals surface area (Å²) in [6, 6.07) is 31.8. The minimum atomic E-state index is -1.64. The van der Waals surface area contributed by atoms with Gasteiger partial charge < -0.3 is 23.7 Å². The molecule has 0 aliphatic carbocycles. The molecule has 0 radical (unpaired) electrons. The molecule has 0 N–H and O–H groups in total. The smallest absolute Gasteiger partial charge is 0.191 e. The molecule has 3 aromatic rings. The van der Waals surface area contributed by atoms with E-state index < -0.39 is 32.6 Å². The van der Waals surface area contributed by atoms with Gasteiger partial charge in [-0.3, -0.25) is 0 Å². The Morgan fingerprint density at radius 2 is 1.41 bits per heavy atom. The van der Waals surface area contributed by atoms with Gasteiger partial charge in [0.2, 0.25) is 0 Å². The van der Waals surface area contributed by atoms with E-state index in [4.69, 9.17) is 23.7 Å². The second-order valence-corrected chi connectivity index (χ2v) is 15.5. The van der Waals surface area contributed by atoms with Crippen LogP contribution in [-0.2, 0) is 30.3 Å². The maximum Gasteiger partial charge on any atom is 0.191 e. The highest BCUT2D eigenvalue weighted by atomic mass is 28.3. The molecule has 3 aromatic carbocycles. The lowest BCUT2D eigenvalue weighted by molar-refractivity contribution is -0.242. The van der Waals surface area contributed by atoms with Crippen molar-refractivity contribution in [2.24, 2.45) is 0 Å². The van der Waals surface area contributed by atoms with Crippen LogP contribution in [0.2, 0.25) is 5.04 Å². The fourth-order valence-corrected chi connectivity index (χ4v) is 9.58. The van der Waals surface area contributed by atoms with E-state index >= 15 is 0 Å². The van der Waals surface area contributed by atoms with Crippen molar-refractivity contribution in [3.05, 3.63) is 109 Å². The standard InChI is InChI=1S/C33H40O5Si/c1-6-33(29(35-22-25-16-10-7-11-17-25)28-30(38-33)37-32(4,5)36-28)24-34-23-31(2,3)39(26-18-12-8-13-19-26)27-20-14-9-15-21-27/h6-21,28-30,39H,1,22-24H2,2-5H3. The van der Waals surface area contributed by atoms with Crippen molar-refractivity contribution in [2.45, 2.75) is 69.2 Å². The summed E-state index contributed by atoms with van der Waals surface area (Å²) >= 11 is 0. The van der Waals surface area contributed by atoms with Crippen molar-refractivity contribution in [3.63, 3.8) is 0 Å². The number of ether oxygens (including phenoxy) is 5.